The minimum absolute atomic E-state index is 0.406. The summed E-state index contributed by atoms with van der Waals surface area (Å²) >= 11 is 4.96. The Hall–Kier alpha value is -1.13. The van der Waals surface area contributed by atoms with Crippen LogP contribution in [-0.2, 0) is 0 Å². The molecular formula is C16H26N2OS. The Kier molecular flexibility index (Phi) is 7.55. The first-order chi connectivity index (χ1) is 9.52. The van der Waals surface area contributed by atoms with Crippen molar-refractivity contribution >= 4 is 17.2 Å². The molecule has 1 rings (SSSR count). The number of benzene rings is 1. The van der Waals surface area contributed by atoms with Crippen molar-refractivity contribution in [1.82, 2.24) is 4.90 Å². The van der Waals surface area contributed by atoms with Crippen LogP contribution in [-0.4, -0.2) is 36.6 Å². The van der Waals surface area contributed by atoms with Crippen LogP contribution < -0.4 is 10.5 Å². The van der Waals surface area contributed by atoms with E-state index in [2.05, 4.69) is 25.8 Å². The zero-order valence-electron chi connectivity index (χ0n) is 12.8. The summed E-state index contributed by atoms with van der Waals surface area (Å²) < 4.78 is 5.74. The lowest BCUT2D eigenvalue weighted by Gasteiger charge is -2.20. The minimum atomic E-state index is 0.406. The van der Waals surface area contributed by atoms with E-state index in [9.17, 15) is 0 Å². The van der Waals surface area contributed by atoms with Crippen LogP contribution in [0, 0.1) is 5.92 Å². The molecule has 0 aliphatic heterocycles. The predicted molar refractivity (Wildman–Crippen MR) is 89.4 cm³/mol. The molecule has 0 radical (unpaired) electrons. The zero-order chi connectivity index (χ0) is 15.0. The number of rotatable bonds is 9. The Morgan fingerprint density at radius 3 is 2.85 bits per heavy atom. The van der Waals surface area contributed by atoms with Crippen molar-refractivity contribution in [3.05, 3.63) is 29.8 Å². The smallest absolute Gasteiger partial charge is 0.119 e. The van der Waals surface area contributed by atoms with Crippen LogP contribution in [0.4, 0.5) is 0 Å². The molecule has 0 aliphatic carbocycles. The second kappa shape index (κ2) is 8.93. The van der Waals surface area contributed by atoms with Gasteiger partial charge in [-0.3, -0.25) is 0 Å². The molecule has 0 heterocycles. The van der Waals surface area contributed by atoms with Gasteiger partial charge in [-0.15, -0.1) is 0 Å². The van der Waals surface area contributed by atoms with Gasteiger partial charge >= 0.3 is 0 Å². The maximum atomic E-state index is 5.74. The Morgan fingerprint density at radius 1 is 1.45 bits per heavy atom. The molecule has 20 heavy (non-hydrogen) atoms. The van der Waals surface area contributed by atoms with E-state index in [0.29, 0.717) is 11.6 Å². The molecule has 0 amide bonds. The lowest BCUT2D eigenvalue weighted by Crippen LogP contribution is -2.26. The number of ether oxygens (including phenoxy) is 1. The molecule has 0 spiro atoms. The quantitative estimate of drug-likeness (QED) is 0.561. The Labute approximate surface area is 128 Å². The Morgan fingerprint density at radius 2 is 2.20 bits per heavy atom. The van der Waals surface area contributed by atoms with Crippen molar-refractivity contribution in [3.63, 3.8) is 0 Å². The first-order valence-corrected chi connectivity index (χ1v) is 7.65. The van der Waals surface area contributed by atoms with E-state index in [1.807, 2.05) is 24.3 Å². The predicted octanol–water partition coefficient (Wildman–Crippen LogP) is 3.07. The lowest BCUT2D eigenvalue weighted by atomic mass is 10.1. The van der Waals surface area contributed by atoms with Gasteiger partial charge in [-0.25, -0.2) is 0 Å². The fourth-order valence-electron chi connectivity index (χ4n) is 2.02. The highest BCUT2D eigenvalue weighted by molar-refractivity contribution is 7.80. The van der Waals surface area contributed by atoms with E-state index in [-0.39, 0.29) is 0 Å². The standard InChI is InChI=1S/C16H26N2OS/c1-4-13(2)12-18(3)9-6-10-19-15-8-5-7-14(11-15)16(17)20/h5,7-8,11,13H,4,6,9-10,12H2,1-3H3,(H2,17,20). The van der Waals surface area contributed by atoms with Gasteiger partial charge < -0.3 is 15.4 Å². The highest BCUT2D eigenvalue weighted by Crippen LogP contribution is 2.13. The molecule has 0 bridgehead atoms. The van der Waals surface area contributed by atoms with Gasteiger partial charge in [0.25, 0.3) is 0 Å². The second-order valence-electron chi connectivity index (χ2n) is 5.37. The van der Waals surface area contributed by atoms with Gasteiger partial charge in [0.05, 0.1) is 6.61 Å². The van der Waals surface area contributed by atoms with Crippen LogP contribution in [0.3, 0.4) is 0 Å². The largest absolute Gasteiger partial charge is 0.494 e. The summed E-state index contributed by atoms with van der Waals surface area (Å²) in [7, 11) is 2.17. The highest BCUT2D eigenvalue weighted by atomic mass is 32.1. The molecule has 0 aliphatic rings. The van der Waals surface area contributed by atoms with Crippen LogP contribution in [0.2, 0.25) is 0 Å². The normalized spacial score (nSPS) is 12.4. The number of hydrogen-bond acceptors (Lipinski definition) is 3. The first kappa shape index (κ1) is 16.9. The summed E-state index contributed by atoms with van der Waals surface area (Å²) in [6, 6.07) is 7.64. The van der Waals surface area contributed by atoms with E-state index in [4.69, 9.17) is 22.7 Å². The van der Waals surface area contributed by atoms with E-state index in [1.54, 1.807) is 0 Å². The van der Waals surface area contributed by atoms with Crippen LogP contribution in [0.5, 0.6) is 5.75 Å². The molecule has 0 saturated heterocycles. The van der Waals surface area contributed by atoms with Crippen molar-refractivity contribution in [1.29, 1.82) is 0 Å². The molecule has 0 aromatic heterocycles. The summed E-state index contributed by atoms with van der Waals surface area (Å²) in [5, 5.41) is 0. The van der Waals surface area contributed by atoms with Gasteiger partial charge in [-0.2, -0.15) is 0 Å². The molecule has 1 aromatic rings. The number of hydrogen-bond donors (Lipinski definition) is 1. The van der Waals surface area contributed by atoms with E-state index < -0.39 is 0 Å². The van der Waals surface area contributed by atoms with E-state index >= 15 is 0 Å². The number of nitrogens with zero attached hydrogens (tertiary/aromatic N) is 1. The minimum Gasteiger partial charge on any atom is -0.494 e. The maximum absolute atomic E-state index is 5.74. The van der Waals surface area contributed by atoms with Gasteiger partial charge in [-0.1, -0.05) is 44.6 Å². The molecule has 4 heteroatoms. The average molecular weight is 294 g/mol. The molecule has 2 N–H and O–H groups in total. The number of nitrogens with two attached hydrogens (primary N) is 1. The monoisotopic (exact) mass is 294 g/mol. The summed E-state index contributed by atoms with van der Waals surface area (Å²) in [6.07, 6.45) is 2.25. The van der Waals surface area contributed by atoms with Crippen molar-refractivity contribution in [2.75, 3.05) is 26.7 Å². The first-order valence-electron chi connectivity index (χ1n) is 7.24. The van der Waals surface area contributed by atoms with Crippen LogP contribution in [0.15, 0.2) is 24.3 Å². The Balaban J connectivity index is 2.27. The fraction of sp³-hybridized carbons (Fsp3) is 0.562. The third kappa shape index (κ3) is 6.35. The van der Waals surface area contributed by atoms with Gasteiger partial charge in [0.1, 0.15) is 10.7 Å². The molecule has 0 fully saturated rings. The molecule has 1 aromatic carbocycles. The second-order valence-corrected chi connectivity index (χ2v) is 5.81. The summed E-state index contributed by atoms with van der Waals surface area (Å²) in [4.78, 5) is 2.77. The Bertz CT molecular complexity index is 423. The van der Waals surface area contributed by atoms with Gasteiger partial charge in [0, 0.05) is 18.7 Å². The summed E-state index contributed by atoms with van der Waals surface area (Å²) in [6.45, 7) is 7.43. The van der Waals surface area contributed by atoms with Crippen LogP contribution >= 0.6 is 12.2 Å². The third-order valence-corrected chi connectivity index (χ3v) is 3.63. The highest BCUT2D eigenvalue weighted by Gasteiger charge is 2.04. The zero-order valence-corrected chi connectivity index (χ0v) is 13.6. The van der Waals surface area contributed by atoms with Gasteiger partial charge in [-0.05, 0) is 31.5 Å². The molecule has 1 atom stereocenters. The van der Waals surface area contributed by atoms with Gasteiger partial charge in [0.2, 0.25) is 0 Å². The molecular weight excluding hydrogens is 268 g/mol. The third-order valence-electron chi connectivity index (χ3n) is 3.39. The number of thiocarbonyl (C=S) groups is 1. The van der Waals surface area contributed by atoms with Crippen molar-refractivity contribution in [2.24, 2.45) is 11.7 Å². The summed E-state index contributed by atoms with van der Waals surface area (Å²) in [5.41, 5.74) is 6.46. The van der Waals surface area contributed by atoms with Crippen LogP contribution in [0.1, 0.15) is 32.3 Å². The topological polar surface area (TPSA) is 38.5 Å². The molecule has 0 saturated carbocycles. The lowest BCUT2D eigenvalue weighted by molar-refractivity contribution is 0.241. The maximum Gasteiger partial charge on any atom is 0.119 e. The van der Waals surface area contributed by atoms with Crippen molar-refractivity contribution in [3.8, 4) is 5.75 Å². The fourth-order valence-corrected chi connectivity index (χ4v) is 2.14. The average Bonchev–Trinajstić information content (AvgIpc) is 2.43. The molecule has 1 unspecified atom stereocenters. The van der Waals surface area contributed by atoms with Crippen LogP contribution in [0.25, 0.3) is 0 Å². The van der Waals surface area contributed by atoms with E-state index in [1.165, 1.54) is 6.42 Å². The molecule has 3 nitrogen and oxygen atoms in total. The summed E-state index contributed by atoms with van der Waals surface area (Å²) in [5.74, 6) is 1.59. The van der Waals surface area contributed by atoms with Gasteiger partial charge in [0.15, 0.2) is 0 Å². The van der Waals surface area contributed by atoms with Crippen molar-refractivity contribution < 1.29 is 4.74 Å². The van der Waals surface area contributed by atoms with Crippen molar-refractivity contribution in [2.45, 2.75) is 26.7 Å². The SMILES string of the molecule is CCC(C)CN(C)CCCOc1cccc(C(N)=S)c1. The molecule has 112 valence electrons. The van der Waals surface area contributed by atoms with E-state index in [0.717, 1.165) is 36.7 Å².